The molecule has 1 aromatic carbocycles. The molecule has 0 saturated carbocycles. The molecule has 4 nitrogen and oxygen atoms in total. The number of piperazine rings is 1. The number of hydrogen-bond acceptors (Lipinski definition) is 2. The molecule has 0 aromatic heterocycles. The van der Waals surface area contributed by atoms with Crippen LogP contribution >= 0.6 is 0 Å². The van der Waals surface area contributed by atoms with Crippen LogP contribution in [-0.2, 0) is 11.2 Å². The minimum absolute atomic E-state index is 0.0747. The van der Waals surface area contributed by atoms with Crippen LogP contribution in [0.15, 0.2) is 24.3 Å². The van der Waals surface area contributed by atoms with E-state index in [-0.39, 0.29) is 11.8 Å². The SMILES string of the molecule is CCCCc1ccc(C(=O)N2CCN(C(=O)CC)CC2)cc1. The molecule has 1 saturated heterocycles. The maximum Gasteiger partial charge on any atom is 0.253 e. The monoisotopic (exact) mass is 302 g/mol. The summed E-state index contributed by atoms with van der Waals surface area (Å²) in [4.78, 5) is 27.8. The van der Waals surface area contributed by atoms with Crippen molar-refractivity contribution in [2.75, 3.05) is 26.2 Å². The van der Waals surface area contributed by atoms with Gasteiger partial charge in [-0.3, -0.25) is 9.59 Å². The van der Waals surface area contributed by atoms with Crippen molar-refractivity contribution >= 4 is 11.8 Å². The topological polar surface area (TPSA) is 40.6 Å². The highest BCUT2D eigenvalue weighted by molar-refractivity contribution is 5.94. The van der Waals surface area contributed by atoms with E-state index in [1.807, 2.05) is 28.9 Å². The zero-order chi connectivity index (χ0) is 15.9. The Hall–Kier alpha value is -1.84. The summed E-state index contributed by atoms with van der Waals surface area (Å²) < 4.78 is 0. The fourth-order valence-electron chi connectivity index (χ4n) is 2.76. The predicted octanol–water partition coefficient (Wildman–Crippen LogP) is 2.72. The molecule has 2 rings (SSSR count). The average molecular weight is 302 g/mol. The van der Waals surface area contributed by atoms with Gasteiger partial charge in [-0.2, -0.15) is 0 Å². The first kappa shape index (κ1) is 16.5. The number of carbonyl (C=O) groups is 2. The van der Waals surface area contributed by atoms with Gasteiger partial charge in [0.05, 0.1) is 0 Å². The van der Waals surface area contributed by atoms with Gasteiger partial charge < -0.3 is 9.80 Å². The summed E-state index contributed by atoms with van der Waals surface area (Å²) in [6, 6.07) is 7.97. The maximum absolute atomic E-state index is 12.5. The van der Waals surface area contributed by atoms with Gasteiger partial charge >= 0.3 is 0 Å². The Labute approximate surface area is 133 Å². The quantitative estimate of drug-likeness (QED) is 0.839. The van der Waals surface area contributed by atoms with E-state index in [1.54, 1.807) is 0 Å². The van der Waals surface area contributed by atoms with Crippen LogP contribution in [0.3, 0.4) is 0 Å². The number of unbranched alkanes of at least 4 members (excludes halogenated alkanes) is 1. The third-order valence-corrected chi connectivity index (χ3v) is 4.24. The summed E-state index contributed by atoms with van der Waals surface area (Å²) in [5.74, 6) is 0.248. The molecule has 0 bridgehead atoms. The minimum atomic E-state index is 0.0747. The Balaban J connectivity index is 1.91. The van der Waals surface area contributed by atoms with Gasteiger partial charge in [0.2, 0.25) is 5.91 Å². The fourth-order valence-corrected chi connectivity index (χ4v) is 2.76. The molecule has 120 valence electrons. The Bertz CT molecular complexity index is 502. The lowest BCUT2D eigenvalue weighted by molar-refractivity contribution is -0.132. The van der Waals surface area contributed by atoms with Crippen LogP contribution in [0.5, 0.6) is 0 Å². The van der Waals surface area contributed by atoms with Crippen LogP contribution < -0.4 is 0 Å². The van der Waals surface area contributed by atoms with E-state index in [2.05, 4.69) is 19.1 Å². The van der Waals surface area contributed by atoms with Gasteiger partial charge in [-0.1, -0.05) is 32.4 Å². The van der Waals surface area contributed by atoms with E-state index < -0.39 is 0 Å². The van der Waals surface area contributed by atoms with Gasteiger partial charge in [-0.15, -0.1) is 0 Å². The van der Waals surface area contributed by atoms with Gasteiger partial charge in [-0.25, -0.2) is 0 Å². The highest BCUT2D eigenvalue weighted by Crippen LogP contribution is 2.12. The van der Waals surface area contributed by atoms with Crippen molar-refractivity contribution in [3.05, 3.63) is 35.4 Å². The first-order valence-corrected chi connectivity index (χ1v) is 8.31. The molecule has 2 amide bonds. The third-order valence-electron chi connectivity index (χ3n) is 4.24. The van der Waals surface area contributed by atoms with E-state index in [4.69, 9.17) is 0 Å². The third kappa shape index (κ3) is 4.09. The van der Waals surface area contributed by atoms with Gasteiger partial charge in [0, 0.05) is 38.2 Å². The van der Waals surface area contributed by atoms with Crippen LogP contribution in [0.1, 0.15) is 49.0 Å². The standard InChI is InChI=1S/C18H26N2O2/c1-3-5-6-15-7-9-16(10-8-15)18(22)20-13-11-19(12-14-20)17(21)4-2/h7-10H,3-6,11-14H2,1-2H3. The Morgan fingerprint density at radius 1 is 0.955 bits per heavy atom. The molecule has 0 aliphatic carbocycles. The highest BCUT2D eigenvalue weighted by atomic mass is 16.2. The zero-order valence-corrected chi connectivity index (χ0v) is 13.7. The fraction of sp³-hybridized carbons (Fsp3) is 0.556. The number of carbonyl (C=O) groups excluding carboxylic acids is 2. The van der Waals surface area contributed by atoms with Crippen molar-refractivity contribution in [1.29, 1.82) is 0 Å². The van der Waals surface area contributed by atoms with E-state index in [0.717, 1.165) is 12.0 Å². The number of nitrogens with zero attached hydrogens (tertiary/aromatic N) is 2. The van der Waals surface area contributed by atoms with E-state index in [1.165, 1.54) is 18.4 Å². The highest BCUT2D eigenvalue weighted by Gasteiger charge is 2.23. The Kier molecular flexibility index (Phi) is 5.99. The van der Waals surface area contributed by atoms with Crippen LogP contribution in [0.25, 0.3) is 0 Å². The first-order valence-electron chi connectivity index (χ1n) is 8.31. The minimum Gasteiger partial charge on any atom is -0.339 e. The Morgan fingerprint density at radius 2 is 1.55 bits per heavy atom. The van der Waals surface area contributed by atoms with Crippen molar-refractivity contribution < 1.29 is 9.59 Å². The first-order chi connectivity index (χ1) is 10.7. The van der Waals surface area contributed by atoms with E-state index >= 15 is 0 Å². The second-order valence-corrected chi connectivity index (χ2v) is 5.83. The van der Waals surface area contributed by atoms with Gasteiger partial charge in [-0.05, 0) is 30.5 Å². The lowest BCUT2D eigenvalue weighted by Gasteiger charge is -2.34. The number of hydrogen-bond donors (Lipinski definition) is 0. The molecule has 1 heterocycles. The second kappa shape index (κ2) is 7.97. The van der Waals surface area contributed by atoms with Crippen molar-refractivity contribution in [2.24, 2.45) is 0 Å². The molecule has 1 fully saturated rings. The molecule has 0 N–H and O–H groups in total. The summed E-state index contributed by atoms with van der Waals surface area (Å²) in [6.07, 6.45) is 3.97. The predicted molar refractivity (Wildman–Crippen MR) is 87.8 cm³/mol. The molecular weight excluding hydrogens is 276 g/mol. The number of amides is 2. The molecular formula is C18H26N2O2. The molecule has 22 heavy (non-hydrogen) atoms. The van der Waals surface area contributed by atoms with Crippen LogP contribution in [-0.4, -0.2) is 47.8 Å². The average Bonchev–Trinajstić information content (AvgIpc) is 2.59. The van der Waals surface area contributed by atoms with Crippen molar-refractivity contribution in [3.8, 4) is 0 Å². The molecule has 0 spiro atoms. The molecule has 0 unspecified atom stereocenters. The van der Waals surface area contributed by atoms with Crippen LogP contribution in [0, 0.1) is 0 Å². The van der Waals surface area contributed by atoms with Gasteiger partial charge in [0.1, 0.15) is 0 Å². The number of aryl methyl sites for hydroxylation is 1. The lowest BCUT2D eigenvalue weighted by atomic mass is 10.1. The molecule has 1 aliphatic heterocycles. The van der Waals surface area contributed by atoms with Crippen LogP contribution in [0.2, 0.25) is 0 Å². The van der Waals surface area contributed by atoms with Crippen LogP contribution in [0.4, 0.5) is 0 Å². The molecule has 0 radical (unpaired) electrons. The van der Waals surface area contributed by atoms with Crippen molar-refractivity contribution in [2.45, 2.75) is 39.5 Å². The van der Waals surface area contributed by atoms with Gasteiger partial charge in [0.25, 0.3) is 5.91 Å². The number of benzene rings is 1. The second-order valence-electron chi connectivity index (χ2n) is 5.83. The largest absolute Gasteiger partial charge is 0.339 e. The van der Waals surface area contributed by atoms with Crippen molar-refractivity contribution in [3.63, 3.8) is 0 Å². The number of rotatable bonds is 5. The zero-order valence-electron chi connectivity index (χ0n) is 13.7. The van der Waals surface area contributed by atoms with E-state index in [9.17, 15) is 9.59 Å². The summed E-state index contributed by atoms with van der Waals surface area (Å²) in [6.45, 7) is 6.60. The molecule has 1 aromatic rings. The smallest absolute Gasteiger partial charge is 0.253 e. The normalized spacial score (nSPS) is 15.0. The molecule has 0 atom stereocenters. The van der Waals surface area contributed by atoms with Gasteiger partial charge in [0.15, 0.2) is 0 Å². The lowest BCUT2D eigenvalue weighted by Crippen LogP contribution is -2.50. The summed E-state index contributed by atoms with van der Waals surface area (Å²) in [7, 11) is 0. The Morgan fingerprint density at radius 3 is 2.09 bits per heavy atom. The van der Waals surface area contributed by atoms with Crippen molar-refractivity contribution in [1.82, 2.24) is 9.80 Å². The molecule has 1 aliphatic rings. The summed E-state index contributed by atoms with van der Waals surface area (Å²) in [5, 5.41) is 0. The maximum atomic E-state index is 12.5. The van der Waals surface area contributed by atoms with E-state index in [0.29, 0.717) is 32.6 Å². The summed E-state index contributed by atoms with van der Waals surface area (Å²) in [5.41, 5.74) is 2.03. The summed E-state index contributed by atoms with van der Waals surface area (Å²) >= 11 is 0. The molecule has 4 heteroatoms.